The maximum absolute atomic E-state index is 14.5. The Kier molecular flexibility index (Phi) is 5.59. The molecule has 0 atom stereocenters. The third-order valence-electron chi connectivity index (χ3n) is 5.78. The molecule has 0 unspecified atom stereocenters. The summed E-state index contributed by atoms with van der Waals surface area (Å²) in [6.07, 6.45) is 6.07. The number of piperidine rings is 1. The minimum absolute atomic E-state index is 0.279. The second-order valence-corrected chi connectivity index (χ2v) is 7.62. The lowest BCUT2D eigenvalue weighted by molar-refractivity contribution is -0.0275. The number of anilines is 1. The molecule has 1 aliphatic rings. The number of pyridine rings is 1. The summed E-state index contributed by atoms with van der Waals surface area (Å²) >= 11 is 0. The zero-order chi connectivity index (χ0) is 21.1. The van der Waals surface area contributed by atoms with Gasteiger partial charge in [0.25, 0.3) is 5.92 Å². The van der Waals surface area contributed by atoms with E-state index in [9.17, 15) is 8.78 Å². The van der Waals surface area contributed by atoms with Crippen molar-refractivity contribution in [3.05, 3.63) is 48.2 Å². The van der Waals surface area contributed by atoms with E-state index < -0.39 is 5.92 Å². The molecule has 1 aliphatic heterocycles. The van der Waals surface area contributed by atoms with Gasteiger partial charge in [0.1, 0.15) is 29.6 Å². The highest BCUT2D eigenvalue weighted by Gasteiger charge is 2.34. The van der Waals surface area contributed by atoms with Gasteiger partial charge < -0.3 is 14.8 Å². The molecule has 4 rings (SSSR count). The largest absolute Gasteiger partial charge is 0.356 e. The summed E-state index contributed by atoms with van der Waals surface area (Å²) < 4.78 is 29.0. The van der Waals surface area contributed by atoms with Crippen molar-refractivity contribution in [1.29, 1.82) is 5.26 Å². The fourth-order valence-corrected chi connectivity index (χ4v) is 3.95. The van der Waals surface area contributed by atoms with Gasteiger partial charge in [0.15, 0.2) is 0 Å². The molecule has 0 aliphatic carbocycles. The number of likely N-dealkylation sites (tertiary alicyclic amines) is 1. The van der Waals surface area contributed by atoms with E-state index in [1.54, 1.807) is 6.33 Å². The molecule has 0 spiro atoms. The van der Waals surface area contributed by atoms with Crippen LogP contribution in [0.3, 0.4) is 0 Å². The van der Waals surface area contributed by atoms with Crippen molar-refractivity contribution >= 4 is 16.9 Å². The Balaban J connectivity index is 1.32. The number of rotatable bonds is 6. The molecule has 1 saturated heterocycles. The van der Waals surface area contributed by atoms with Crippen molar-refractivity contribution in [2.45, 2.75) is 31.2 Å². The van der Waals surface area contributed by atoms with E-state index in [2.05, 4.69) is 29.7 Å². The number of halogens is 2. The molecule has 0 amide bonds. The second-order valence-electron chi connectivity index (χ2n) is 7.62. The molecular weight excluding hydrogens is 388 g/mol. The monoisotopic (exact) mass is 411 g/mol. The Labute approximate surface area is 173 Å². The second kappa shape index (κ2) is 8.32. The number of nitrogens with zero attached hydrogens (tertiary/aromatic N) is 6. The van der Waals surface area contributed by atoms with E-state index in [1.165, 1.54) is 18.3 Å². The number of hydrogen-bond acceptors (Lipinski definition) is 6. The first-order valence-corrected chi connectivity index (χ1v) is 9.95. The van der Waals surface area contributed by atoms with Crippen LogP contribution in [0.5, 0.6) is 0 Å². The summed E-state index contributed by atoms with van der Waals surface area (Å²) in [6.45, 7) is 1.82. The first-order chi connectivity index (χ1) is 14.5. The van der Waals surface area contributed by atoms with E-state index in [-0.39, 0.29) is 17.7 Å². The predicted molar refractivity (Wildman–Crippen MR) is 109 cm³/mol. The lowest BCUT2D eigenvalue weighted by atomic mass is 10.0. The number of alkyl halides is 2. The van der Waals surface area contributed by atoms with Crippen molar-refractivity contribution in [3.8, 4) is 6.07 Å². The summed E-state index contributed by atoms with van der Waals surface area (Å²) in [6, 6.07) is 6.78. The zero-order valence-electron chi connectivity index (χ0n) is 16.7. The standard InChI is InChI=1S/C21H23F2N7/c1-29(20-17-4-8-25-19(17)27-14-28-20)16-5-9-30(10-6-16)11-7-21(22,23)18-3-2-15(12-24)13-26-18/h2-4,8,13-14,16H,5-7,9-11H2,1H3,(H,25,27,28). The Morgan fingerprint density at radius 3 is 2.73 bits per heavy atom. The van der Waals surface area contributed by atoms with Gasteiger partial charge in [-0.05, 0) is 31.0 Å². The minimum atomic E-state index is -3.01. The first kappa shape index (κ1) is 20.2. The molecular formula is C21H23F2N7. The van der Waals surface area contributed by atoms with Gasteiger partial charge in [-0.3, -0.25) is 4.98 Å². The molecule has 1 N–H and O–H groups in total. The zero-order valence-corrected chi connectivity index (χ0v) is 16.7. The maximum atomic E-state index is 14.5. The molecule has 0 bridgehead atoms. The number of aromatic nitrogens is 4. The molecule has 1 fully saturated rings. The van der Waals surface area contributed by atoms with Crippen molar-refractivity contribution in [1.82, 2.24) is 24.8 Å². The Morgan fingerprint density at radius 1 is 1.23 bits per heavy atom. The van der Waals surface area contributed by atoms with E-state index in [0.29, 0.717) is 12.6 Å². The predicted octanol–water partition coefficient (Wildman–Crippen LogP) is 3.31. The Morgan fingerprint density at radius 2 is 2.03 bits per heavy atom. The number of fused-ring (bicyclic) bond motifs is 1. The first-order valence-electron chi connectivity index (χ1n) is 9.95. The van der Waals surface area contributed by atoms with Crippen molar-refractivity contribution in [2.75, 3.05) is 31.6 Å². The van der Waals surface area contributed by atoms with Crippen LogP contribution < -0.4 is 4.90 Å². The van der Waals surface area contributed by atoms with Crippen LogP contribution in [0.1, 0.15) is 30.5 Å². The van der Waals surface area contributed by atoms with Crippen LogP contribution in [-0.4, -0.2) is 57.6 Å². The Hall–Kier alpha value is -3.12. The van der Waals surface area contributed by atoms with Crippen LogP contribution in [0.4, 0.5) is 14.6 Å². The number of hydrogen-bond donors (Lipinski definition) is 1. The van der Waals surface area contributed by atoms with Gasteiger partial charge in [-0.2, -0.15) is 14.0 Å². The molecule has 9 heteroatoms. The normalized spacial score (nSPS) is 15.9. The number of nitriles is 1. The smallest absolute Gasteiger partial charge is 0.290 e. The molecule has 3 aromatic rings. The molecule has 0 radical (unpaired) electrons. The van der Waals surface area contributed by atoms with E-state index in [1.807, 2.05) is 25.4 Å². The van der Waals surface area contributed by atoms with Gasteiger partial charge >= 0.3 is 0 Å². The number of nitrogens with one attached hydrogen (secondary N) is 1. The maximum Gasteiger partial charge on any atom is 0.290 e. The number of H-pyrrole nitrogens is 1. The minimum Gasteiger partial charge on any atom is -0.356 e. The van der Waals surface area contributed by atoms with Crippen LogP contribution in [0.2, 0.25) is 0 Å². The lowest BCUT2D eigenvalue weighted by Gasteiger charge is -2.37. The van der Waals surface area contributed by atoms with Gasteiger partial charge in [0, 0.05) is 51.5 Å². The quantitative estimate of drug-likeness (QED) is 0.670. The topological polar surface area (TPSA) is 84.7 Å². The van der Waals surface area contributed by atoms with Crippen LogP contribution in [0.25, 0.3) is 11.0 Å². The average molecular weight is 411 g/mol. The molecule has 4 heterocycles. The van der Waals surface area contributed by atoms with Crippen LogP contribution in [-0.2, 0) is 5.92 Å². The van der Waals surface area contributed by atoms with E-state index in [0.717, 1.165) is 42.8 Å². The van der Waals surface area contributed by atoms with Crippen LogP contribution in [0.15, 0.2) is 36.9 Å². The molecule has 156 valence electrons. The van der Waals surface area contributed by atoms with Crippen molar-refractivity contribution in [3.63, 3.8) is 0 Å². The molecule has 7 nitrogen and oxygen atoms in total. The summed E-state index contributed by atoms with van der Waals surface area (Å²) in [5.74, 6) is -2.12. The fraction of sp³-hybridized carbons (Fsp3) is 0.429. The van der Waals surface area contributed by atoms with Gasteiger partial charge in [-0.25, -0.2) is 9.97 Å². The van der Waals surface area contributed by atoms with E-state index >= 15 is 0 Å². The highest BCUT2D eigenvalue weighted by atomic mass is 19.3. The van der Waals surface area contributed by atoms with Crippen molar-refractivity contribution < 1.29 is 8.78 Å². The van der Waals surface area contributed by atoms with E-state index in [4.69, 9.17) is 5.26 Å². The molecule has 3 aromatic heterocycles. The van der Waals surface area contributed by atoms with Gasteiger partial charge in [0.2, 0.25) is 0 Å². The summed E-state index contributed by atoms with van der Waals surface area (Å²) in [7, 11) is 2.03. The summed E-state index contributed by atoms with van der Waals surface area (Å²) in [4.78, 5) is 19.8. The Bertz CT molecular complexity index is 1030. The highest BCUT2D eigenvalue weighted by Crippen LogP contribution is 2.31. The van der Waals surface area contributed by atoms with Crippen molar-refractivity contribution in [2.24, 2.45) is 0 Å². The van der Waals surface area contributed by atoms with Gasteiger partial charge in [-0.1, -0.05) is 0 Å². The third kappa shape index (κ3) is 4.09. The third-order valence-corrected chi connectivity index (χ3v) is 5.78. The number of aromatic amines is 1. The van der Waals surface area contributed by atoms with Gasteiger partial charge in [0.05, 0.1) is 10.9 Å². The molecule has 30 heavy (non-hydrogen) atoms. The van der Waals surface area contributed by atoms with Crippen LogP contribution in [0, 0.1) is 11.3 Å². The van der Waals surface area contributed by atoms with Gasteiger partial charge in [-0.15, -0.1) is 0 Å². The lowest BCUT2D eigenvalue weighted by Crippen LogP contribution is -2.44. The fourth-order valence-electron chi connectivity index (χ4n) is 3.95. The molecule has 0 aromatic carbocycles. The highest BCUT2D eigenvalue weighted by molar-refractivity contribution is 5.87. The van der Waals surface area contributed by atoms with Crippen LogP contribution >= 0.6 is 0 Å². The SMILES string of the molecule is CN(c1ncnc2[nH]ccc12)C1CCN(CCC(F)(F)c2ccc(C#N)cn2)CC1. The summed E-state index contributed by atoms with van der Waals surface area (Å²) in [5, 5.41) is 9.77. The molecule has 0 saturated carbocycles. The average Bonchev–Trinajstić information content (AvgIpc) is 3.27. The summed E-state index contributed by atoms with van der Waals surface area (Å²) in [5.41, 5.74) is 0.805.